The second kappa shape index (κ2) is 11.7. The molecule has 11 heteroatoms. The predicted octanol–water partition coefficient (Wildman–Crippen LogP) is 6.18. The largest absolute Gasteiger partial charge is 0.457 e. The van der Waals surface area contributed by atoms with Gasteiger partial charge < -0.3 is 9.47 Å². The Labute approximate surface area is 197 Å². The molecule has 176 valence electrons. The van der Waals surface area contributed by atoms with Crippen molar-refractivity contribution < 1.29 is 22.7 Å². The van der Waals surface area contributed by atoms with Crippen molar-refractivity contribution in [2.45, 2.75) is 13.3 Å². The predicted molar refractivity (Wildman–Crippen MR) is 128 cm³/mol. The van der Waals surface area contributed by atoms with Crippen molar-refractivity contribution in [2.24, 2.45) is 20.5 Å². The molecule has 0 amide bonds. The number of esters is 1. The average Bonchev–Trinajstić information content (AvgIpc) is 2.82. The molecule has 0 aliphatic heterocycles. The van der Waals surface area contributed by atoms with E-state index < -0.39 is 10.0 Å². The van der Waals surface area contributed by atoms with E-state index in [1.807, 2.05) is 0 Å². The summed E-state index contributed by atoms with van der Waals surface area (Å²) in [6.45, 7) is 1.58. The van der Waals surface area contributed by atoms with Crippen LogP contribution in [0.1, 0.15) is 13.3 Å². The number of rotatable bonds is 10. The van der Waals surface area contributed by atoms with E-state index in [2.05, 4.69) is 25.2 Å². The van der Waals surface area contributed by atoms with Crippen LogP contribution in [0.4, 0.5) is 28.4 Å². The fourth-order valence-electron chi connectivity index (χ4n) is 2.50. The number of sulfonamides is 1. The van der Waals surface area contributed by atoms with Crippen LogP contribution in [0, 0.1) is 0 Å². The fraction of sp³-hybridized carbons (Fsp3) is 0.174. The lowest BCUT2D eigenvalue weighted by Crippen LogP contribution is -2.09. The van der Waals surface area contributed by atoms with Gasteiger partial charge in [-0.15, -0.1) is 0 Å². The van der Waals surface area contributed by atoms with Gasteiger partial charge in [0.2, 0.25) is 16.8 Å². The second-order valence-corrected chi connectivity index (χ2v) is 8.71. The van der Waals surface area contributed by atoms with Crippen LogP contribution in [0.2, 0.25) is 0 Å². The molecule has 0 fully saturated rings. The summed E-state index contributed by atoms with van der Waals surface area (Å²) in [5.41, 5.74) is 2.94. The maximum absolute atomic E-state index is 11.2. The highest BCUT2D eigenvalue weighted by Crippen LogP contribution is 2.25. The highest BCUT2D eigenvalue weighted by Gasteiger charge is 2.02. The minimum Gasteiger partial charge on any atom is -0.457 e. The van der Waals surface area contributed by atoms with Gasteiger partial charge in [0.1, 0.15) is 5.75 Å². The first-order chi connectivity index (χ1) is 16.3. The topological polar surface area (TPSA) is 131 Å². The zero-order valence-electron chi connectivity index (χ0n) is 18.6. The van der Waals surface area contributed by atoms with Gasteiger partial charge in [0.15, 0.2) is 0 Å². The van der Waals surface area contributed by atoms with Crippen LogP contribution in [-0.4, -0.2) is 27.4 Å². The molecule has 0 aromatic heterocycles. The maximum atomic E-state index is 11.2. The number of carbonyl (C=O) groups is 1. The number of hydrogen-bond donors (Lipinski definition) is 1. The number of anilines is 1. The summed E-state index contributed by atoms with van der Waals surface area (Å²) in [5.74, 6) is 0.231. The molecule has 0 heterocycles. The van der Waals surface area contributed by atoms with E-state index in [1.165, 1.54) is 0 Å². The molecule has 10 nitrogen and oxygen atoms in total. The summed E-state index contributed by atoms with van der Waals surface area (Å²) in [6.07, 6.45) is 1.39. The van der Waals surface area contributed by atoms with Gasteiger partial charge >= 0.3 is 5.97 Å². The Bertz CT molecular complexity index is 1260. The highest BCUT2D eigenvalue weighted by molar-refractivity contribution is 7.92. The van der Waals surface area contributed by atoms with Crippen LogP contribution >= 0.6 is 0 Å². The van der Waals surface area contributed by atoms with Gasteiger partial charge in [0.05, 0.1) is 29.0 Å². The van der Waals surface area contributed by atoms with E-state index in [1.54, 1.807) is 79.7 Å². The number of nitrogens with one attached hydrogen (secondary N) is 1. The van der Waals surface area contributed by atoms with Crippen LogP contribution in [0.25, 0.3) is 0 Å². The molecule has 0 aliphatic carbocycles. The molecular formula is C23H23N5O5S. The van der Waals surface area contributed by atoms with Crippen molar-refractivity contribution in [3.05, 3.63) is 72.8 Å². The third-order valence-corrected chi connectivity index (χ3v) is 4.76. The summed E-state index contributed by atoms with van der Waals surface area (Å²) < 4.78 is 35.1. The molecule has 0 saturated heterocycles. The van der Waals surface area contributed by atoms with Crippen molar-refractivity contribution >= 4 is 44.4 Å². The second-order valence-electron chi connectivity index (χ2n) is 6.96. The zero-order chi connectivity index (χ0) is 24.4. The molecule has 0 unspecified atom stereocenters. The first-order valence-corrected chi connectivity index (χ1v) is 12.1. The van der Waals surface area contributed by atoms with E-state index in [-0.39, 0.29) is 12.8 Å². The number of azo groups is 2. The highest BCUT2D eigenvalue weighted by atomic mass is 32.2. The zero-order valence-corrected chi connectivity index (χ0v) is 19.4. The summed E-state index contributed by atoms with van der Waals surface area (Å²) in [5, 5.41) is 16.7. The normalized spacial score (nSPS) is 11.6. The third-order valence-electron chi connectivity index (χ3n) is 4.15. The van der Waals surface area contributed by atoms with Gasteiger partial charge in [-0.05, 0) is 72.8 Å². The van der Waals surface area contributed by atoms with Crippen LogP contribution in [0.3, 0.4) is 0 Å². The Morgan fingerprint density at radius 2 is 1.18 bits per heavy atom. The molecule has 0 saturated carbocycles. The van der Waals surface area contributed by atoms with E-state index >= 15 is 0 Å². The first-order valence-electron chi connectivity index (χ1n) is 10.2. The number of hydrogen-bond acceptors (Lipinski definition) is 9. The Balaban J connectivity index is 1.52. The lowest BCUT2D eigenvalue weighted by atomic mass is 10.3. The van der Waals surface area contributed by atoms with Crippen molar-refractivity contribution in [1.82, 2.24) is 0 Å². The molecular weight excluding hydrogens is 458 g/mol. The molecule has 0 radical (unpaired) electrons. The SMILES string of the molecule is CCC(=O)OCOc1ccc(N=Nc2ccc(N=Nc3ccc(NS(C)(=O)=O)cc3)cc2)cc1. The third kappa shape index (κ3) is 8.43. The molecule has 3 aromatic rings. The van der Waals surface area contributed by atoms with Gasteiger partial charge in [-0.1, -0.05) is 6.92 Å². The van der Waals surface area contributed by atoms with Gasteiger partial charge in [-0.3, -0.25) is 9.52 Å². The molecule has 34 heavy (non-hydrogen) atoms. The van der Waals surface area contributed by atoms with Crippen molar-refractivity contribution in [2.75, 3.05) is 17.8 Å². The van der Waals surface area contributed by atoms with Gasteiger partial charge in [-0.2, -0.15) is 20.5 Å². The lowest BCUT2D eigenvalue weighted by molar-refractivity contribution is -0.149. The smallest absolute Gasteiger partial charge is 0.308 e. The Morgan fingerprint density at radius 1 is 0.765 bits per heavy atom. The van der Waals surface area contributed by atoms with E-state index in [4.69, 9.17) is 9.47 Å². The number of ether oxygens (including phenoxy) is 2. The molecule has 0 aliphatic rings. The minimum absolute atomic E-state index is 0.136. The molecule has 0 bridgehead atoms. The first kappa shape index (κ1) is 24.5. The number of carbonyl (C=O) groups excluding carboxylic acids is 1. The number of benzene rings is 3. The summed E-state index contributed by atoms with van der Waals surface area (Å²) in [4.78, 5) is 11.1. The monoisotopic (exact) mass is 481 g/mol. The Morgan fingerprint density at radius 3 is 1.59 bits per heavy atom. The fourth-order valence-corrected chi connectivity index (χ4v) is 3.07. The molecule has 1 N–H and O–H groups in total. The molecule has 0 atom stereocenters. The van der Waals surface area contributed by atoms with Gasteiger partial charge in [-0.25, -0.2) is 8.42 Å². The van der Waals surface area contributed by atoms with Crippen molar-refractivity contribution in [1.29, 1.82) is 0 Å². The summed E-state index contributed by atoms with van der Waals surface area (Å²) >= 11 is 0. The van der Waals surface area contributed by atoms with Crippen LogP contribution < -0.4 is 9.46 Å². The van der Waals surface area contributed by atoms with Crippen molar-refractivity contribution in [3.8, 4) is 5.75 Å². The maximum Gasteiger partial charge on any atom is 0.308 e. The van der Waals surface area contributed by atoms with Gasteiger partial charge in [0, 0.05) is 12.1 Å². The van der Waals surface area contributed by atoms with E-state index in [9.17, 15) is 13.2 Å². The van der Waals surface area contributed by atoms with Crippen LogP contribution in [-0.2, 0) is 19.6 Å². The van der Waals surface area contributed by atoms with Crippen LogP contribution in [0.15, 0.2) is 93.3 Å². The number of nitrogens with zero attached hydrogens (tertiary/aromatic N) is 4. The standard InChI is InChI=1S/C23H23N5O5S/c1-3-23(29)33-16-32-22-14-12-20(13-15-22)27-25-18-6-4-17(5-7-18)24-26-19-8-10-21(11-9-19)28-34(2,30)31/h4-15,28H,3,16H2,1-2H3. The molecule has 0 spiro atoms. The van der Waals surface area contributed by atoms with E-state index in [0.29, 0.717) is 40.6 Å². The van der Waals surface area contributed by atoms with Crippen LogP contribution in [0.5, 0.6) is 5.75 Å². The quantitative estimate of drug-likeness (QED) is 0.210. The van der Waals surface area contributed by atoms with Crippen molar-refractivity contribution in [3.63, 3.8) is 0 Å². The molecule has 3 rings (SSSR count). The lowest BCUT2D eigenvalue weighted by Gasteiger charge is -2.06. The average molecular weight is 482 g/mol. The van der Waals surface area contributed by atoms with E-state index in [0.717, 1.165) is 6.26 Å². The summed E-state index contributed by atoms with van der Waals surface area (Å²) in [6, 6.07) is 20.5. The Kier molecular flexibility index (Phi) is 8.41. The minimum atomic E-state index is -3.32. The van der Waals surface area contributed by atoms with Gasteiger partial charge in [0.25, 0.3) is 0 Å². The summed E-state index contributed by atoms with van der Waals surface area (Å²) in [7, 11) is -3.32. The Hall–Kier alpha value is -4.12. The molecule has 3 aromatic carbocycles.